The van der Waals surface area contributed by atoms with Crippen molar-refractivity contribution >= 4 is 5.78 Å². The van der Waals surface area contributed by atoms with Crippen LogP contribution in [0.5, 0.6) is 11.5 Å². The van der Waals surface area contributed by atoms with Gasteiger partial charge >= 0.3 is 0 Å². The van der Waals surface area contributed by atoms with Gasteiger partial charge in [0.2, 0.25) is 0 Å². The highest BCUT2D eigenvalue weighted by atomic mass is 16.5. The normalized spacial score (nSPS) is 15.7. The van der Waals surface area contributed by atoms with Gasteiger partial charge in [0.15, 0.2) is 11.5 Å². The monoisotopic (exact) mass is 248 g/mol. The molecule has 0 atom stereocenters. The van der Waals surface area contributed by atoms with Gasteiger partial charge < -0.3 is 9.47 Å². The van der Waals surface area contributed by atoms with Gasteiger partial charge in [-0.1, -0.05) is 6.07 Å². The summed E-state index contributed by atoms with van der Waals surface area (Å²) < 4.78 is 11.3. The van der Waals surface area contributed by atoms with E-state index in [1.807, 2.05) is 18.2 Å². The second kappa shape index (κ2) is 5.89. The van der Waals surface area contributed by atoms with E-state index in [9.17, 15) is 4.79 Å². The van der Waals surface area contributed by atoms with Gasteiger partial charge in [0.05, 0.1) is 13.2 Å². The van der Waals surface area contributed by atoms with Gasteiger partial charge in [-0.2, -0.15) is 0 Å². The number of carbonyl (C=O) groups is 1. The molecule has 3 heteroatoms. The highest BCUT2D eigenvalue weighted by Crippen LogP contribution is 2.32. The third kappa shape index (κ3) is 3.25. The van der Waals surface area contributed by atoms with Crippen LogP contribution in [-0.4, -0.2) is 19.0 Å². The summed E-state index contributed by atoms with van der Waals surface area (Å²) in [4.78, 5) is 11.1. The average molecular weight is 248 g/mol. The molecule has 0 spiro atoms. The number of Topliss-reactive ketones (excluding diaryl/α,β-unsaturated/α-hetero) is 1. The fourth-order valence-electron chi connectivity index (χ4n) is 2.39. The standard InChI is InChI=1S/C15H20O3/c1-11(16)9-12-7-8-14(15(10-12)17-2)18-13-5-3-4-6-13/h7-8,10,13H,3-6,9H2,1-2H3. The van der Waals surface area contributed by atoms with E-state index in [0.717, 1.165) is 29.9 Å². The molecule has 0 aliphatic heterocycles. The predicted octanol–water partition coefficient (Wildman–Crippen LogP) is 3.15. The minimum absolute atomic E-state index is 0.154. The summed E-state index contributed by atoms with van der Waals surface area (Å²) in [7, 11) is 1.63. The third-order valence-electron chi connectivity index (χ3n) is 3.28. The van der Waals surface area contributed by atoms with Crippen molar-refractivity contribution in [1.82, 2.24) is 0 Å². The van der Waals surface area contributed by atoms with Crippen LogP contribution in [0.4, 0.5) is 0 Å². The predicted molar refractivity (Wildman–Crippen MR) is 70.3 cm³/mol. The van der Waals surface area contributed by atoms with Crippen LogP contribution in [-0.2, 0) is 11.2 Å². The summed E-state index contributed by atoms with van der Waals surface area (Å²) in [6.45, 7) is 1.59. The van der Waals surface area contributed by atoms with Crippen LogP contribution >= 0.6 is 0 Å². The lowest BCUT2D eigenvalue weighted by molar-refractivity contribution is -0.116. The SMILES string of the molecule is COc1cc(CC(C)=O)ccc1OC1CCCC1. The van der Waals surface area contributed by atoms with Gasteiger partial charge in [-0.3, -0.25) is 4.79 Å². The Morgan fingerprint density at radius 2 is 2.00 bits per heavy atom. The number of hydrogen-bond donors (Lipinski definition) is 0. The van der Waals surface area contributed by atoms with Crippen molar-refractivity contribution in [2.75, 3.05) is 7.11 Å². The zero-order valence-corrected chi connectivity index (χ0v) is 11.1. The number of methoxy groups -OCH3 is 1. The molecule has 0 saturated heterocycles. The molecule has 0 unspecified atom stereocenters. The molecule has 0 bridgehead atoms. The molecule has 0 amide bonds. The molecular formula is C15H20O3. The topological polar surface area (TPSA) is 35.5 Å². The highest BCUT2D eigenvalue weighted by molar-refractivity contribution is 5.78. The maximum Gasteiger partial charge on any atom is 0.161 e. The van der Waals surface area contributed by atoms with Gasteiger partial charge in [0.1, 0.15) is 5.78 Å². The number of carbonyl (C=O) groups excluding carboxylic acids is 1. The number of rotatable bonds is 5. The molecule has 1 aromatic carbocycles. The molecule has 18 heavy (non-hydrogen) atoms. The first-order chi connectivity index (χ1) is 8.69. The van der Waals surface area contributed by atoms with Gasteiger partial charge in [-0.05, 0) is 50.3 Å². The zero-order chi connectivity index (χ0) is 13.0. The lowest BCUT2D eigenvalue weighted by atomic mass is 10.1. The summed E-state index contributed by atoms with van der Waals surface area (Å²) in [5.74, 6) is 1.67. The lowest BCUT2D eigenvalue weighted by Gasteiger charge is -2.16. The van der Waals surface area contributed by atoms with Crippen LogP contribution in [0.3, 0.4) is 0 Å². The third-order valence-corrected chi connectivity index (χ3v) is 3.28. The Bertz CT molecular complexity index is 420. The first-order valence-electron chi connectivity index (χ1n) is 6.52. The number of benzene rings is 1. The number of hydrogen-bond acceptors (Lipinski definition) is 3. The molecule has 98 valence electrons. The summed E-state index contributed by atoms with van der Waals surface area (Å²) in [5, 5.41) is 0. The lowest BCUT2D eigenvalue weighted by Crippen LogP contribution is -2.11. The Morgan fingerprint density at radius 1 is 1.28 bits per heavy atom. The second-order valence-corrected chi connectivity index (χ2v) is 4.89. The first kappa shape index (κ1) is 12.9. The van der Waals surface area contributed by atoms with E-state index in [1.165, 1.54) is 12.8 Å². The van der Waals surface area contributed by atoms with E-state index in [4.69, 9.17) is 9.47 Å². The summed E-state index contributed by atoms with van der Waals surface area (Å²) in [6.07, 6.45) is 5.50. The minimum Gasteiger partial charge on any atom is -0.493 e. The maximum atomic E-state index is 11.1. The molecule has 1 fully saturated rings. The molecule has 1 saturated carbocycles. The first-order valence-corrected chi connectivity index (χ1v) is 6.52. The Labute approximate surface area is 108 Å². The van der Waals surface area contributed by atoms with Gasteiger partial charge in [0, 0.05) is 6.42 Å². The molecule has 0 heterocycles. The molecule has 0 aromatic heterocycles. The van der Waals surface area contributed by atoms with Crippen LogP contribution in [0.1, 0.15) is 38.2 Å². The van der Waals surface area contributed by atoms with Crippen molar-refractivity contribution in [2.24, 2.45) is 0 Å². The minimum atomic E-state index is 0.154. The van der Waals surface area contributed by atoms with Crippen LogP contribution in [0.25, 0.3) is 0 Å². The molecule has 1 aromatic rings. The van der Waals surface area contributed by atoms with Crippen molar-refractivity contribution < 1.29 is 14.3 Å². The molecule has 3 nitrogen and oxygen atoms in total. The van der Waals surface area contributed by atoms with Crippen LogP contribution < -0.4 is 9.47 Å². The van der Waals surface area contributed by atoms with E-state index < -0.39 is 0 Å². The van der Waals surface area contributed by atoms with Gasteiger partial charge in [-0.25, -0.2) is 0 Å². The average Bonchev–Trinajstić information content (AvgIpc) is 2.83. The Balaban J connectivity index is 2.11. The van der Waals surface area contributed by atoms with E-state index in [-0.39, 0.29) is 5.78 Å². The van der Waals surface area contributed by atoms with Gasteiger partial charge in [0.25, 0.3) is 0 Å². The van der Waals surface area contributed by atoms with Crippen LogP contribution in [0.2, 0.25) is 0 Å². The molecule has 1 aliphatic rings. The van der Waals surface area contributed by atoms with Crippen molar-refractivity contribution in [1.29, 1.82) is 0 Å². The number of ketones is 1. The smallest absolute Gasteiger partial charge is 0.161 e. The van der Waals surface area contributed by atoms with E-state index in [1.54, 1.807) is 14.0 Å². The van der Waals surface area contributed by atoms with Crippen molar-refractivity contribution in [3.8, 4) is 11.5 Å². The fourth-order valence-corrected chi connectivity index (χ4v) is 2.39. The summed E-state index contributed by atoms with van der Waals surface area (Å²) in [5.41, 5.74) is 0.970. The van der Waals surface area contributed by atoms with Crippen LogP contribution in [0, 0.1) is 0 Å². The van der Waals surface area contributed by atoms with Crippen molar-refractivity contribution in [3.05, 3.63) is 23.8 Å². The Kier molecular flexibility index (Phi) is 4.24. The van der Waals surface area contributed by atoms with E-state index in [0.29, 0.717) is 12.5 Å². The fraction of sp³-hybridized carbons (Fsp3) is 0.533. The maximum absolute atomic E-state index is 11.1. The molecule has 1 aliphatic carbocycles. The van der Waals surface area contributed by atoms with Gasteiger partial charge in [-0.15, -0.1) is 0 Å². The van der Waals surface area contributed by atoms with Crippen molar-refractivity contribution in [3.63, 3.8) is 0 Å². The highest BCUT2D eigenvalue weighted by Gasteiger charge is 2.18. The zero-order valence-electron chi connectivity index (χ0n) is 11.1. The summed E-state index contributed by atoms with van der Waals surface area (Å²) in [6, 6.07) is 5.75. The molecule has 0 radical (unpaired) electrons. The molecule has 0 N–H and O–H groups in total. The number of ether oxygens (including phenoxy) is 2. The largest absolute Gasteiger partial charge is 0.493 e. The Hall–Kier alpha value is -1.51. The second-order valence-electron chi connectivity index (χ2n) is 4.89. The van der Waals surface area contributed by atoms with Crippen LogP contribution in [0.15, 0.2) is 18.2 Å². The van der Waals surface area contributed by atoms with Crippen molar-refractivity contribution in [2.45, 2.75) is 45.1 Å². The molecule has 2 rings (SSSR count). The van der Waals surface area contributed by atoms with E-state index in [2.05, 4.69) is 0 Å². The summed E-state index contributed by atoms with van der Waals surface area (Å²) >= 11 is 0. The quantitative estimate of drug-likeness (QED) is 0.803. The Morgan fingerprint density at radius 3 is 2.61 bits per heavy atom. The van der Waals surface area contributed by atoms with E-state index >= 15 is 0 Å². The molecular weight excluding hydrogens is 228 g/mol.